The number of hydrogen-bond acceptors (Lipinski definition) is 4. The highest BCUT2D eigenvalue weighted by Crippen LogP contribution is 2.20. The Morgan fingerprint density at radius 3 is 2.83 bits per heavy atom. The number of aliphatic hydroxyl groups excluding tert-OH is 1. The molecule has 1 aromatic rings. The highest BCUT2D eigenvalue weighted by molar-refractivity contribution is 5.25. The molecular formula is C19H30N2O2. The first-order valence-electron chi connectivity index (χ1n) is 9.00. The normalized spacial score (nSPS) is 24.9. The van der Waals surface area contributed by atoms with E-state index in [4.69, 9.17) is 4.74 Å². The molecule has 4 heteroatoms. The summed E-state index contributed by atoms with van der Waals surface area (Å²) in [6.07, 6.45) is 3.67. The van der Waals surface area contributed by atoms with E-state index in [1.165, 1.54) is 44.5 Å². The van der Waals surface area contributed by atoms with Crippen molar-refractivity contribution in [1.82, 2.24) is 10.2 Å². The second-order valence-electron chi connectivity index (χ2n) is 7.10. The number of likely N-dealkylation sites (tertiary alicyclic amines) is 1. The molecule has 2 fully saturated rings. The Bertz CT molecular complexity index is 480. The lowest BCUT2D eigenvalue weighted by Gasteiger charge is -2.35. The predicted molar refractivity (Wildman–Crippen MR) is 92.3 cm³/mol. The predicted octanol–water partition coefficient (Wildman–Crippen LogP) is 2.33. The van der Waals surface area contributed by atoms with Gasteiger partial charge in [-0.3, -0.25) is 0 Å². The summed E-state index contributed by atoms with van der Waals surface area (Å²) in [5.74, 6) is 0.750. The SMILES string of the molecule is CC(NC1CCN(CC2CCOC2)CC1)c1cccc(CO)c1. The van der Waals surface area contributed by atoms with E-state index < -0.39 is 0 Å². The molecule has 2 aliphatic rings. The molecule has 23 heavy (non-hydrogen) atoms. The minimum absolute atomic E-state index is 0.115. The van der Waals surface area contributed by atoms with Crippen LogP contribution >= 0.6 is 0 Å². The highest BCUT2D eigenvalue weighted by Gasteiger charge is 2.24. The second kappa shape index (κ2) is 8.25. The van der Waals surface area contributed by atoms with Crippen LogP contribution in [0.1, 0.15) is 43.4 Å². The van der Waals surface area contributed by atoms with Gasteiger partial charge in [-0.2, -0.15) is 0 Å². The molecule has 2 saturated heterocycles. The average molecular weight is 318 g/mol. The maximum absolute atomic E-state index is 9.28. The number of rotatable bonds is 6. The van der Waals surface area contributed by atoms with Crippen molar-refractivity contribution in [2.45, 2.75) is 44.9 Å². The molecule has 1 aromatic carbocycles. The number of nitrogens with one attached hydrogen (secondary N) is 1. The first-order valence-corrected chi connectivity index (χ1v) is 9.00. The van der Waals surface area contributed by atoms with Gasteiger partial charge < -0.3 is 20.1 Å². The minimum atomic E-state index is 0.115. The minimum Gasteiger partial charge on any atom is -0.392 e. The van der Waals surface area contributed by atoms with Crippen molar-refractivity contribution in [1.29, 1.82) is 0 Å². The van der Waals surface area contributed by atoms with Crippen molar-refractivity contribution < 1.29 is 9.84 Å². The largest absolute Gasteiger partial charge is 0.392 e. The van der Waals surface area contributed by atoms with Crippen LogP contribution in [0.25, 0.3) is 0 Å². The summed E-state index contributed by atoms with van der Waals surface area (Å²) >= 11 is 0. The molecular weight excluding hydrogens is 288 g/mol. The van der Waals surface area contributed by atoms with Crippen LogP contribution in [0.3, 0.4) is 0 Å². The summed E-state index contributed by atoms with van der Waals surface area (Å²) in [5.41, 5.74) is 2.26. The quantitative estimate of drug-likeness (QED) is 0.845. The molecule has 4 nitrogen and oxygen atoms in total. The monoisotopic (exact) mass is 318 g/mol. The van der Waals surface area contributed by atoms with Gasteiger partial charge in [0.1, 0.15) is 0 Å². The standard InChI is InChI=1S/C19H30N2O2/c1-15(18-4-2-3-16(11-18)13-22)20-19-5-8-21(9-6-19)12-17-7-10-23-14-17/h2-4,11,15,17,19-20,22H,5-10,12-14H2,1H3. The van der Waals surface area contributed by atoms with Crippen LogP contribution in [0.2, 0.25) is 0 Å². The van der Waals surface area contributed by atoms with Gasteiger partial charge in [0.25, 0.3) is 0 Å². The summed E-state index contributed by atoms with van der Waals surface area (Å²) in [6.45, 7) is 7.84. The third-order valence-electron chi connectivity index (χ3n) is 5.25. The lowest BCUT2D eigenvalue weighted by Crippen LogP contribution is -2.44. The molecule has 128 valence electrons. The van der Waals surface area contributed by atoms with E-state index in [2.05, 4.69) is 29.3 Å². The molecule has 2 atom stereocenters. The van der Waals surface area contributed by atoms with Gasteiger partial charge in [-0.05, 0) is 56.3 Å². The van der Waals surface area contributed by atoms with E-state index in [1.807, 2.05) is 12.1 Å². The van der Waals surface area contributed by atoms with E-state index in [0.29, 0.717) is 12.1 Å². The number of benzene rings is 1. The molecule has 0 spiro atoms. The van der Waals surface area contributed by atoms with Gasteiger partial charge in [0.15, 0.2) is 0 Å². The van der Waals surface area contributed by atoms with E-state index in [9.17, 15) is 5.11 Å². The maximum atomic E-state index is 9.28. The summed E-state index contributed by atoms with van der Waals surface area (Å²) in [6, 6.07) is 9.19. The molecule has 0 aliphatic carbocycles. The lowest BCUT2D eigenvalue weighted by molar-refractivity contribution is 0.145. The van der Waals surface area contributed by atoms with Crippen molar-refractivity contribution in [2.75, 3.05) is 32.8 Å². The molecule has 2 heterocycles. The van der Waals surface area contributed by atoms with Gasteiger partial charge >= 0.3 is 0 Å². The molecule has 0 aromatic heterocycles. The van der Waals surface area contributed by atoms with Crippen molar-refractivity contribution >= 4 is 0 Å². The number of aliphatic hydroxyl groups is 1. The lowest BCUT2D eigenvalue weighted by atomic mass is 9.99. The van der Waals surface area contributed by atoms with Crippen molar-refractivity contribution in [3.05, 3.63) is 35.4 Å². The topological polar surface area (TPSA) is 44.7 Å². The maximum Gasteiger partial charge on any atom is 0.0681 e. The van der Waals surface area contributed by atoms with Crippen molar-refractivity contribution in [2.24, 2.45) is 5.92 Å². The van der Waals surface area contributed by atoms with Gasteiger partial charge in [0, 0.05) is 25.2 Å². The fourth-order valence-electron chi connectivity index (χ4n) is 3.79. The van der Waals surface area contributed by atoms with E-state index in [0.717, 1.165) is 24.7 Å². The Balaban J connectivity index is 1.44. The van der Waals surface area contributed by atoms with Gasteiger partial charge in [0.05, 0.1) is 13.2 Å². The van der Waals surface area contributed by atoms with Crippen LogP contribution < -0.4 is 5.32 Å². The summed E-state index contributed by atoms with van der Waals surface area (Å²) in [7, 11) is 0. The van der Waals surface area contributed by atoms with Crippen LogP contribution in [-0.2, 0) is 11.3 Å². The molecule has 0 saturated carbocycles. The summed E-state index contributed by atoms with van der Waals surface area (Å²) in [5, 5.41) is 13.0. The highest BCUT2D eigenvalue weighted by atomic mass is 16.5. The van der Waals surface area contributed by atoms with Crippen molar-refractivity contribution in [3.8, 4) is 0 Å². The zero-order chi connectivity index (χ0) is 16.1. The van der Waals surface area contributed by atoms with Crippen LogP contribution in [-0.4, -0.2) is 48.9 Å². The number of hydrogen-bond donors (Lipinski definition) is 2. The molecule has 0 radical (unpaired) electrons. The Kier molecular flexibility index (Phi) is 6.06. The first-order chi connectivity index (χ1) is 11.2. The second-order valence-corrected chi connectivity index (χ2v) is 7.10. The van der Waals surface area contributed by atoms with Crippen LogP contribution in [0.4, 0.5) is 0 Å². The zero-order valence-electron chi connectivity index (χ0n) is 14.2. The van der Waals surface area contributed by atoms with Crippen LogP contribution in [0.5, 0.6) is 0 Å². The molecule has 3 rings (SSSR count). The molecule has 0 bridgehead atoms. The molecule has 2 unspecified atom stereocenters. The van der Waals surface area contributed by atoms with Gasteiger partial charge in [0.2, 0.25) is 0 Å². The number of piperidine rings is 1. The number of nitrogens with zero attached hydrogens (tertiary/aromatic N) is 1. The zero-order valence-corrected chi connectivity index (χ0v) is 14.2. The van der Waals surface area contributed by atoms with E-state index >= 15 is 0 Å². The fraction of sp³-hybridized carbons (Fsp3) is 0.684. The molecule has 2 aliphatic heterocycles. The van der Waals surface area contributed by atoms with E-state index in [-0.39, 0.29) is 6.61 Å². The van der Waals surface area contributed by atoms with Gasteiger partial charge in [-0.15, -0.1) is 0 Å². The third kappa shape index (κ3) is 4.77. The Morgan fingerprint density at radius 1 is 1.30 bits per heavy atom. The summed E-state index contributed by atoms with van der Waals surface area (Å²) < 4.78 is 5.48. The Labute approximate surface area is 139 Å². The van der Waals surface area contributed by atoms with Gasteiger partial charge in [-0.1, -0.05) is 24.3 Å². The number of ether oxygens (including phenoxy) is 1. The smallest absolute Gasteiger partial charge is 0.0681 e. The van der Waals surface area contributed by atoms with Crippen LogP contribution in [0.15, 0.2) is 24.3 Å². The van der Waals surface area contributed by atoms with E-state index in [1.54, 1.807) is 0 Å². The Morgan fingerprint density at radius 2 is 2.13 bits per heavy atom. The Hall–Kier alpha value is -0.940. The third-order valence-corrected chi connectivity index (χ3v) is 5.25. The molecule has 0 amide bonds. The average Bonchev–Trinajstić information content (AvgIpc) is 3.09. The van der Waals surface area contributed by atoms with Crippen LogP contribution in [0, 0.1) is 5.92 Å². The first kappa shape index (κ1) is 16.9. The summed E-state index contributed by atoms with van der Waals surface area (Å²) in [4.78, 5) is 2.61. The van der Waals surface area contributed by atoms with Crippen molar-refractivity contribution in [3.63, 3.8) is 0 Å². The fourth-order valence-corrected chi connectivity index (χ4v) is 3.79. The van der Waals surface area contributed by atoms with Gasteiger partial charge in [-0.25, -0.2) is 0 Å². The molecule has 2 N–H and O–H groups in total.